The molecule has 4 aromatic rings. The lowest BCUT2D eigenvalue weighted by atomic mass is 10.1. The van der Waals surface area contributed by atoms with Gasteiger partial charge in [-0.3, -0.25) is 4.79 Å². The molecular weight excluding hydrogens is 444 g/mol. The molecule has 7 nitrogen and oxygen atoms in total. The van der Waals surface area contributed by atoms with Crippen molar-refractivity contribution in [3.63, 3.8) is 0 Å². The zero-order chi connectivity index (χ0) is 22.6. The molecule has 0 fully saturated rings. The molecular formula is C23H22N4O3S2. The SMILES string of the molecule is CN(CC(=O)NCc1cn(-c2ccccc2)nc1-c1ccccc1)S(=O)(=O)c1cccs1. The van der Waals surface area contributed by atoms with Crippen molar-refractivity contribution in [3.8, 4) is 16.9 Å². The highest BCUT2D eigenvalue weighted by atomic mass is 32.2. The van der Waals surface area contributed by atoms with Crippen molar-refractivity contribution in [3.05, 3.63) is 89.9 Å². The summed E-state index contributed by atoms with van der Waals surface area (Å²) < 4.78 is 28.1. The molecule has 0 bridgehead atoms. The number of sulfonamides is 1. The summed E-state index contributed by atoms with van der Waals surface area (Å²) >= 11 is 1.12. The van der Waals surface area contributed by atoms with Crippen LogP contribution in [0.2, 0.25) is 0 Å². The van der Waals surface area contributed by atoms with Crippen LogP contribution in [0.15, 0.2) is 88.6 Å². The van der Waals surface area contributed by atoms with Crippen LogP contribution in [0.5, 0.6) is 0 Å². The topological polar surface area (TPSA) is 84.3 Å². The third-order valence-corrected chi connectivity index (χ3v) is 8.04. The third-order valence-electron chi connectivity index (χ3n) is 4.86. The molecule has 0 saturated carbocycles. The van der Waals surface area contributed by atoms with Gasteiger partial charge < -0.3 is 5.32 Å². The van der Waals surface area contributed by atoms with Crippen molar-refractivity contribution in [2.24, 2.45) is 0 Å². The number of rotatable bonds is 8. The second kappa shape index (κ2) is 9.47. The highest BCUT2D eigenvalue weighted by molar-refractivity contribution is 7.91. The van der Waals surface area contributed by atoms with E-state index in [0.29, 0.717) is 0 Å². The van der Waals surface area contributed by atoms with Crippen LogP contribution in [0.4, 0.5) is 0 Å². The predicted octanol–water partition coefficient (Wildman–Crippen LogP) is 3.54. The highest BCUT2D eigenvalue weighted by Gasteiger charge is 2.24. The Kier molecular flexibility index (Phi) is 6.50. The number of hydrogen-bond donors (Lipinski definition) is 1. The lowest BCUT2D eigenvalue weighted by Crippen LogP contribution is -2.37. The predicted molar refractivity (Wildman–Crippen MR) is 125 cm³/mol. The summed E-state index contributed by atoms with van der Waals surface area (Å²) in [5, 5.41) is 9.24. The summed E-state index contributed by atoms with van der Waals surface area (Å²) in [6, 6.07) is 22.6. The van der Waals surface area contributed by atoms with Crippen molar-refractivity contribution < 1.29 is 13.2 Å². The van der Waals surface area contributed by atoms with Gasteiger partial charge >= 0.3 is 0 Å². The van der Waals surface area contributed by atoms with Crippen molar-refractivity contribution in [2.45, 2.75) is 10.8 Å². The van der Waals surface area contributed by atoms with Crippen LogP contribution in [0, 0.1) is 0 Å². The number of amides is 1. The number of aromatic nitrogens is 2. The Labute approximate surface area is 191 Å². The van der Waals surface area contributed by atoms with Gasteiger partial charge in [-0.15, -0.1) is 11.3 Å². The lowest BCUT2D eigenvalue weighted by Gasteiger charge is -2.15. The number of carbonyl (C=O) groups is 1. The molecule has 0 aliphatic carbocycles. The number of nitrogens with zero attached hydrogens (tertiary/aromatic N) is 3. The van der Waals surface area contributed by atoms with E-state index in [1.165, 1.54) is 13.1 Å². The molecule has 2 aromatic carbocycles. The van der Waals surface area contributed by atoms with E-state index in [1.54, 1.807) is 16.1 Å². The fourth-order valence-electron chi connectivity index (χ4n) is 3.19. The van der Waals surface area contributed by atoms with Gasteiger partial charge in [0, 0.05) is 30.9 Å². The fourth-order valence-corrected chi connectivity index (χ4v) is 5.52. The monoisotopic (exact) mass is 466 g/mol. The molecule has 2 heterocycles. The van der Waals surface area contributed by atoms with E-state index >= 15 is 0 Å². The van der Waals surface area contributed by atoms with E-state index in [-0.39, 0.29) is 23.2 Å². The van der Waals surface area contributed by atoms with Gasteiger partial charge in [0.2, 0.25) is 5.91 Å². The van der Waals surface area contributed by atoms with Gasteiger partial charge in [0.15, 0.2) is 0 Å². The molecule has 4 rings (SSSR count). The van der Waals surface area contributed by atoms with E-state index in [4.69, 9.17) is 5.10 Å². The zero-order valence-electron chi connectivity index (χ0n) is 17.4. The Morgan fingerprint density at radius 3 is 2.38 bits per heavy atom. The Morgan fingerprint density at radius 2 is 1.72 bits per heavy atom. The standard InChI is InChI=1S/C23H22N4O3S2/c1-26(32(29,30)22-13-8-14-31-22)17-21(28)24-15-19-16-27(20-11-6-3-7-12-20)25-23(19)18-9-4-2-5-10-18/h2-14,16H,15,17H2,1H3,(H,24,28). The molecule has 0 unspecified atom stereocenters. The van der Waals surface area contributed by atoms with E-state index in [2.05, 4.69) is 5.32 Å². The first-order valence-electron chi connectivity index (χ1n) is 9.91. The normalized spacial score (nSPS) is 11.6. The number of carbonyl (C=O) groups excluding carboxylic acids is 1. The van der Waals surface area contributed by atoms with E-state index in [9.17, 15) is 13.2 Å². The number of likely N-dealkylation sites (N-methyl/N-ethyl adjacent to an activating group) is 1. The average molecular weight is 467 g/mol. The van der Waals surface area contributed by atoms with Crippen LogP contribution in [-0.4, -0.2) is 42.0 Å². The molecule has 0 radical (unpaired) electrons. The molecule has 9 heteroatoms. The van der Waals surface area contributed by atoms with Crippen molar-refractivity contribution in [1.82, 2.24) is 19.4 Å². The summed E-state index contributed by atoms with van der Waals surface area (Å²) in [6.45, 7) is -0.0451. The molecule has 1 amide bonds. The quantitative estimate of drug-likeness (QED) is 0.431. The first-order chi connectivity index (χ1) is 15.4. The Hall–Kier alpha value is -3.27. The van der Waals surface area contributed by atoms with Crippen molar-refractivity contribution in [2.75, 3.05) is 13.6 Å². The summed E-state index contributed by atoms with van der Waals surface area (Å²) in [5.41, 5.74) is 3.43. The molecule has 0 spiro atoms. The van der Waals surface area contributed by atoms with Crippen LogP contribution in [0.25, 0.3) is 16.9 Å². The molecule has 32 heavy (non-hydrogen) atoms. The Morgan fingerprint density at radius 1 is 1.03 bits per heavy atom. The van der Waals surface area contributed by atoms with Crippen LogP contribution in [0.3, 0.4) is 0 Å². The van der Waals surface area contributed by atoms with E-state index in [1.807, 2.05) is 66.9 Å². The summed E-state index contributed by atoms with van der Waals surface area (Å²) in [7, 11) is -2.28. The second-order valence-corrected chi connectivity index (χ2v) is 10.3. The molecule has 0 aliphatic heterocycles. The highest BCUT2D eigenvalue weighted by Crippen LogP contribution is 2.24. The zero-order valence-corrected chi connectivity index (χ0v) is 19.0. The number of hydrogen-bond acceptors (Lipinski definition) is 5. The maximum absolute atomic E-state index is 12.5. The molecule has 0 saturated heterocycles. The minimum atomic E-state index is -3.68. The maximum Gasteiger partial charge on any atom is 0.252 e. The number of thiophene rings is 1. The fraction of sp³-hybridized carbons (Fsp3) is 0.130. The largest absolute Gasteiger partial charge is 0.351 e. The average Bonchev–Trinajstić information content (AvgIpc) is 3.50. The second-order valence-electron chi connectivity index (χ2n) is 7.12. The van der Waals surface area contributed by atoms with Gasteiger partial charge in [0.05, 0.1) is 17.9 Å². The number of nitrogens with one attached hydrogen (secondary N) is 1. The smallest absolute Gasteiger partial charge is 0.252 e. The van der Waals surface area contributed by atoms with Crippen molar-refractivity contribution >= 4 is 27.3 Å². The third kappa shape index (κ3) is 4.80. The van der Waals surface area contributed by atoms with Crippen LogP contribution < -0.4 is 5.32 Å². The first-order valence-corrected chi connectivity index (χ1v) is 12.2. The minimum Gasteiger partial charge on any atom is -0.351 e. The summed E-state index contributed by atoms with van der Waals surface area (Å²) in [5.74, 6) is -0.390. The number of benzene rings is 2. The summed E-state index contributed by atoms with van der Waals surface area (Å²) in [6.07, 6.45) is 1.88. The molecule has 164 valence electrons. The molecule has 0 aliphatic rings. The van der Waals surface area contributed by atoms with Gasteiger partial charge in [-0.25, -0.2) is 13.1 Å². The van der Waals surface area contributed by atoms with Crippen molar-refractivity contribution in [1.29, 1.82) is 0 Å². The van der Waals surface area contributed by atoms with Gasteiger partial charge in [0.25, 0.3) is 10.0 Å². The van der Waals surface area contributed by atoms with Gasteiger partial charge in [-0.05, 0) is 23.6 Å². The van der Waals surface area contributed by atoms with Crippen LogP contribution >= 0.6 is 11.3 Å². The Bertz CT molecular complexity index is 1290. The van der Waals surface area contributed by atoms with Gasteiger partial charge in [-0.1, -0.05) is 54.6 Å². The van der Waals surface area contributed by atoms with E-state index in [0.717, 1.165) is 38.2 Å². The number of para-hydroxylation sites is 1. The van der Waals surface area contributed by atoms with Gasteiger partial charge in [0.1, 0.15) is 4.21 Å². The maximum atomic E-state index is 12.5. The lowest BCUT2D eigenvalue weighted by molar-refractivity contribution is -0.121. The first kappa shape index (κ1) is 21.9. The molecule has 0 atom stereocenters. The molecule has 2 aromatic heterocycles. The van der Waals surface area contributed by atoms with Gasteiger partial charge in [-0.2, -0.15) is 9.40 Å². The Balaban J connectivity index is 1.51. The molecule has 1 N–H and O–H groups in total. The van der Waals surface area contributed by atoms with Crippen LogP contribution in [0.1, 0.15) is 5.56 Å². The minimum absolute atomic E-state index is 0.211. The summed E-state index contributed by atoms with van der Waals surface area (Å²) in [4.78, 5) is 12.5. The van der Waals surface area contributed by atoms with E-state index < -0.39 is 10.0 Å². The van der Waals surface area contributed by atoms with Crippen LogP contribution in [-0.2, 0) is 21.4 Å².